The topological polar surface area (TPSA) is 68.1 Å². The number of alkyl halides is 3. The van der Waals surface area contributed by atoms with Crippen LogP contribution in [0.25, 0.3) is 0 Å². The van der Waals surface area contributed by atoms with Gasteiger partial charge < -0.3 is 20.4 Å². The van der Waals surface area contributed by atoms with Crippen molar-refractivity contribution in [2.24, 2.45) is 10.9 Å². The summed E-state index contributed by atoms with van der Waals surface area (Å²) in [7, 11) is 1.58. The summed E-state index contributed by atoms with van der Waals surface area (Å²) in [5, 5.41) is 23.9. The van der Waals surface area contributed by atoms with Gasteiger partial charge in [-0.2, -0.15) is 13.2 Å². The van der Waals surface area contributed by atoms with Crippen molar-refractivity contribution in [1.29, 1.82) is 0 Å². The van der Waals surface area contributed by atoms with E-state index >= 15 is 0 Å². The largest absolute Gasteiger partial charge is 0.507 e. The number of piperidine rings is 1. The summed E-state index contributed by atoms with van der Waals surface area (Å²) in [6.45, 7) is 9.22. The molecular weight excluding hydrogens is 491 g/mol. The van der Waals surface area contributed by atoms with Crippen LogP contribution in [0.4, 0.5) is 13.2 Å². The zero-order chi connectivity index (χ0) is 27.9. The number of hydrogen-bond acceptors (Lipinski definition) is 5. The molecule has 0 radical (unpaired) electrons. The lowest BCUT2D eigenvalue weighted by molar-refractivity contribution is -0.137. The first kappa shape index (κ1) is 30.2. The summed E-state index contributed by atoms with van der Waals surface area (Å²) in [5.74, 6) is 0.276. The number of halogens is 3. The summed E-state index contributed by atoms with van der Waals surface area (Å²) in [6.07, 6.45) is 5.73. The molecule has 1 aromatic rings. The molecule has 1 aliphatic carbocycles. The molecule has 8 heteroatoms. The Morgan fingerprint density at radius 1 is 1.16 bits per heavy atom. The summed E-state index contributed by atoms with van der Waals surface area (Å²) >= 11 is 0. The lowest BCUT2D eigenvalue weighted by atomic mass is 9.85. The number of phenolic OH excluding ortho intramolecular Hbond substituents is 1. The van der Waals surface area contributed by atoms with Crippen molar-refractivity contribution in [2.75, 3.05) is 26.7 Å². The molecule has 1 aliphatic heterocycles. The van der Waals surface area contributed by atoms with E-state index in [4.69, 9.17) is 0 Å². The fraction of sp³-hybridized carbons (Fsp3) is 0.633. The van der Waals surface area contributed by atoms with Gasteiger partial charge in [-0.3, -0.25) is 4.99 Å². The first-order valence-electron chi connectivity index (χ1n) is 13.9. The molecule has 3 rings (SSSR count). The van der Waals surface area contributed by atoms with Crippen LogP contribution in [0.15, 0.2) is 46.1 Å². The fourth-order valence-corrected chi connectivity index (χ4v) is 5.58. The second-order valence-electron chi connectivity index (χ2n) is 10.9. The van der Waals surface area contributed by atoms with Crippen molar-refractivity contribution in [3.8, 4) is 5.75 Å². The van der Waals surface area contributed by atoms with Crippen LogP contribution >= 0.6 is 0 Å². The van der Waals surface area contributed by atoms with Crippen LogP contribution in [0, 0.1) is 5.92 Å². The van der Waals surface area contributed by atoms with Gasteiger partial charge in [0, 0.05) is 30.9 Å². The molecule has 3 N–H and O–H groups in total. The number of aliphatic hydroxyl groups excluding tert-OH is 1. The molecule has 1 saturated carbocycles. The van der Waals surface area contributed by atoms with Crippen molar-refractivity contribution < 1.29 is 23.4 Å². The standard InChI is InChI=1S/C30H44F3N3O2/c1-5-20(2)27(17-21(3)29(34-4)26-13-10-23(18-28(26)38)30(31,32)33)35-24-7-6-15-36(19-24)16-14-22-8-11-25(37)12-9-22/h10,13,17-18,22,24-25,35,37-38H,5-9,11-12,14-16,19H2,1-4H3/b21-17-,27-20-,34-29?. The zero-order valence-electron chi connectivity index (χ0n) is 23.2. The minimum atomic E-state index is -4.52. The molecule has 2 aliphatic rings. The van der Waals surface area contributed by atoms with Gasteiger partial charge >= 0.3 is 6.18 Å². The van der Waals surface area contributed by atoms with E-state index in [-0.39, 0.29) is 11.7 Å². The highest BCUT2D eigenvalue weighted by Crippen LogP contribution is 2.34. The Hall–Kier alpha value is -2.32. The summed E-state index contributed by atoms with van der Waals surface area (Å²) < 4.78 is 39.2. The van der Waals surface area contributed by atoms with Crippen LogP contribution in [0.3, 0.4) is 0 Å². The van der Waals surface area contributed by atoms with Gasteiger partial charge in [0.05, 0.1) is 17.4 Å². The van der Waals surface area contributed by atoms with E-state index in [2.05, 4.69) is 29.1 Å². The van der Waals surface area contributed by atoms with Crippen LogP contribution in [-0.2, 0) is 6.18 Å². The lowest BCUT2D eigenvalue weighted by Crippen LogP contribution is -2.46. The van der Waals surface area contributed by atoms with Crippen molar-refractivity contribution in [1.82, 2.24) is 10.2 Å². The van der Waals surface area contributed by atoms with Gasteiger partial charge in [-0.1, -0.05) is 12.5 Å². The van der Waals surface area contributed by atoms with Crippen molar-refractivity contribution >= 4 is 5.71 Å². The second-order valence-corrected chi connectivity index (χ2v) is 10.9. The minimum absolute atomic E-state index is 0.111. The molecule has 5 nitrogen and oxygen atoms in total. The van der Waals surface area contributed by atoms with Crippen LogP contribution < -0.4 is 5.32 Å². The molecule has 2 fully saturated rings. The summed E-state index contributed by atoms with van der Waals surface area (Å²) in [5.41, 5.74) is 2.82. The normalized spacial score (nSPS) is 24.8. The number of nitrogens with one attached hydrogen (secondary N) is 1. The van der Waals surface area contributed by atoms with E-state index in [9.17, 15) is 23.4 Å². The SMILES string of the molecule is CC/C(C)=C(/C=C(/C)C(=NC)c1ccc(C(F)(F)F)cc1O)NC1CCCN(CCC2CCC(O)CC2)C1. The van der Waals surface area contributed by atoms with Gasteiger partial charge in [-0.15, -0.1) is 0 Å². The van der Waals surface area contributed by atoms with Crippen LogP contribution in [0.1, 0.15) is 83.3 Å². The highest BCUT2D eigenvalue weighted by molar-refractivity contribution is 6.14. The lowest BCUT2D eigenvalue weighted by Gasteiger charge is -2.35. The molecule has 0 spiro atoms. The van der Waals surface area contributed by atoms with E-state index in [0.717, 1.165) is 88.0 Å². The first-order chi connectivity index (χ1) is 18.0. The number of benzene rings is 1. The Morgan fingerprint density at radius 3 is 2.47 bits per heavy atom. The summed E-state index contributed by atoms with van der Waals surface area (Å²) in [4.78, 5) is 6.86. The highest BCUT2D eigenvalue weighted by Gasteiger charge is 2.31. The minimum Gasteiger partial charge on any atom is -0.507 e. The maximum Gasteiger partial charge on any atom is 0.416 e. The smallest absolute Gasteiger partial charge is 0.416 e. The molecule has 0 amide bonds. The van der Waals surface area contributed by atoms with Gasteiger partial charge in [0.1, 0.15) is 5.75 Å². The fourth-order valence-electron chi connectivity index (χ4n) is 5.58. The molecule has 1 unspecified atom stereocenters. The molecule has 0 aromatic heterocycles. The predicted molar refractivity (Wildman–Crippen MR) is 147 cm³/mol. The number of phenols is 1. The Bertz CT molecular complexity index is 1020. The van der Waals surface area contributed by atoms with E-state index < -0.39 is 17.5 Å². The molecule has 1 heterocycles. The molecule has 1 saturated heterocycles. The van der Waals surface area contributed by atoms with E-state index in [1.54, 1.807) is 7.05 Å². The number of likely N-dealkylation sites (tertiary alicyclic amines) is 1. The van der Waals surface area contributed by atoms with Crippen LogP contribution in [-0.4, -0.2) is 59.7 Å². The molecule has 1 aromatic carbocycles. The van der Waals surface area contributed by atoms with E-state index in [0.29, 0.717) is 17.7 Å². The quantitative estimate of drug-likeness (QED) is 0.251. The Labute approximate surface area is 225 Å². The molecular formula is C30H44F3N3O2. The monoisotopic (exact) mass is 535 g/mol. The molecule has 212 valence electrons. The third-order valence-corrected chi connectivity index (χ3v) is 8.06. The average molecular weight is 536 g/mol. The molecule has 38 heavy (non-hydrogen) atoms. The Morgan fingerprint density at radius 2 is 1.87 bits per heavy atom. The maximum atomic E-state index is 13.1. The van der Waals surface area contributed by atoms with Crippen molar-refractivity contribution in [3.63, 3.8) is 0 Å². The number of hydrogen-bond donors (Lipinski definition) is 3. The van der Waals surface area contributed by atoms with Crippen LogP contribution in [0.2, 0.25) is 0 Å². The number of nitrogens with zero attached hydrogens (tertiary/aromatic N) is 2. The van der Waals surface area contributed by atoms with Gasteiger partial charge in [0.25, 0.3) is 0 Å². The number of rotatable bonds is 9. The van der Waals surface area contributed by atoms with E-state index in [1.807, 2.05) is 13.0 Å². The maximum absolute atomic E-state index is 13.1. The number of aromatic hydroxyl groups is 1. The molecule has 0 bridgehead atoms. The van der Waals surface area contributed by atoms with Gasteiger partial charge in [-0.05, 0) is 114 Å². The number of allylic oxidation sites excluding steroid dienone is 3. The predicted octanol–water partition coefficient (Wildman–Crippen LogP) is 6.46. The molecule has 1 atom stereocenters. The first-order valence-corrected chi connectivity index (χ1v) is 13.9. The number of aliphatic imine (C=N–C) groups is 1. The Kier molecular flexibility index (Phi) is 10.9. The van der Waals surface area contributed by atoms with Crippen LogP contribution in [0.5, 0.6) is 5.75 Å². The van der Waals surface area contributed by atoms with Gasteiger partial charge in [-0.25, -0.2) is 0 Å². The third-order valence-electron chi connectivity index (χ3n) is 8.06. The Balaban J connectivity index is 1.70. The average Bonchev–Trinajstić information content (AvgIpc) is 2.88. The van der Waals surface area contributed by atoms with Crippen molar-refractivity contribution in [2.45, 2.75) is 90.5 Å². The second kappa shape index (κ2) is 13.7. The highest BCUT2D eigenvalue weighted by atomic mass is 19.4. The number of aliphatic hydroxyl groups is 1. The zero-order valence-corrected chi connectivity index (χ0v) is 23.2. The van der Waals surface area contributed by atoms with Crippen molar-refractivity contribution in [3.05, 3.63) is 52.2 Å². The van der Waals surface area contributed by atoms with E-state index in [1.165, 1.54) is 18.1 Å². The summed E-state index contributed by atoms with van der Waals surface area (Å²) in [6, 6.07) is 3.32. The third kappa shape index (κ3) is 8.34. The van der Waals surface area contributed by atoms with Gasteiger partial charge in [0.2, 0.25) is 0 Å². The van der Waals surface area contributed by atoms with Gasteiger partial charge in [0.15, 0.2) is 0 Å².